The van der Waals surface area contributed by atoms with Crippen molar-refractivity contribution < 1.29 is 9.59 Å². The van der Waals surface area contributed by atoms with Crippen LogP contribution in [0.4, 0.5) is 4.79 Å². The number of carbonyl (C=O) groups excluding carboxylic acids is 2. The zero-order valence-electron chi connectivity index (χ0n) is 10.6. The molecule has 3 N–H and O–H groups in total. The lowest BCUT2D eigenvalue weighted by Gasteiger charge is -2.34. The summed E-state index contributed by atoms with van der Waals surface area (Å²) in [6, 6.07) is -0.905. The third-order valence-corrected chi connectivity index (χ3v) is 2.74. The van der Waals surface area contributed by atoms with E-state index in [9.17, 15) is 9.59 Å². The van der Waals surface area contributed by atoms with Gasteiger partial charge in [0.1, 0.15) is 0 Å². The first-order chi connectivity index (χ1) is 8.02. The van der Waals surface area contributed by atoms with E-state index in [4.69, 9.17) is 0 Å². The number of amides is 3. The van der Waals surface area contributed by atoms with E-state index >= 15 is 0 Å². The van der Waals surface area contributed by atoms with Crippen LogP contribution in [0.1, 0.15) is 6.92 Å². The maximum absolute atomic E-state index is 11.6. The predicted molar refractivity (Wildman–Crippen MR) is 64.3 cm³/mol. The average molecular weight is 243 g/mol. The number of imide groups is 1. The number of hydrazine groups is 1. The smallest absolute Gasteiger partial charge is 0.321 e. The molecule has 98 valence electrons. The van der Waals surface area contributed by atoms with Gasteiger partial charge in [0.2, 0.25) is 5.91 Å². The summed E-state index contributed by atoms with van der Waals surface area (Å²) in [5.74, 6) is -0.330. The summed E-state index contributed by atoms with van der Waals surface area (Å²) in [4.78, 5) is 24.8. The first-order valence-electron chi connectivity index (χ1n) is 5.75. The van der Waals surface area contributed by atoms with Crippen molar-refractivity contribution in [1.82, 2.24) is 26.0 Å². The van der Waals surface area contributed by atoms with Gasteiger partial charge in [-0.3, -0.25) is 10.1 Å². The van der Waals surface area contributed by atoms with E-state index in [1.54, 1.807) is 6.92 Å². The molecule has 0 aliphatic carbocycles. The normalized spacial score (nSPS) is 19.7. The van der Waals surface area contributed by atoms with E-state index in [-0.39, 0.29) is 5.91 Å². The zero-order chi connectivity index (χ0) is 12.8. The lowest BCUT2D eigenvalue weighted by molar-refractivity contribution is -0.123. The molecule has 0 aromatic heterocycles. The number of hydrogen-bond donors (Lipinski definition) is 3. The predicted octanol–water partition coefficient (Wildman–Crippen LogP) is -1.42. The summed E-state index contributed by atoms with van der Waals surface area (Å²) in [6.07, 6.45) is 0. The number of hydrogen-bond acceptors (Lipinski definition) is 5. The van der Waals surface area contributed by atoms with Gasteiger partial charge in [0.25, 0.3) is 0 Å². The molecule has 1 unspecified atom stereocenters. The molecule has 0 saturated carbocycles. The van der Waals surface area contributed by atoms with Gasteiger partial charge in [-0.15, -0.1) is 0 Å². The topological polar surface area (TPSA) is 76.7 Å². The van der Waals surface area contributed by atoms with E-state index in [0.717, 1.165) is 26.2 Å². The SMILES string of the molecule is CNC(=O)NC(=O)C(C)NN1CCN(C)CC1. The second-order valence-electron chi connectivity index (χ2n) is 4.21. The van der Waals surface area contributed by atoms with Crippen LogP contribution in [0.3, 0.4) is 0 Å². The van der Waals surface area contributed by atoms with Crippen molar-refractivity contribution in [3.8, 4) is 0 Å². The monoisotopic (exact) mass is 243 g/mol. The van der Waals surface area contributed by atoms with Crippen LogP contribution in [0.5, 0.6) is 0 Å². The van der Waals surface area contributed by atoms with Gasteiger partial charge in [-0.1, -0.05) is 0 Å². The number of nitrogens with zero attached hydrogens (tertiary/aromatic N) is 2. The lowest BCUT2D eigenvalue weighted by Crippen LogP contribution is -2.57. The Balaban J connectivity index is 2.30. The van der Waals surface area contributed by atoms with Gasteiger partial charge in [0.15, 0.2) is 0 Å². The molecule has 0 spiro atoms. The molecule has 1 rings (SSSR count). The third-order valence-electron chi connectivity index (χ3n) is 2.74. The Morgan fingerprint density at radius 1 is 1.18 bits per heavy atom. The van der Waals surface area contributed by atoms with Gasteiger partial charge in [0.05, 0.1) is 6.04 Å². The average Bonchev–Trinajstić information content (AvgIpc) is 2.31. The van der Waals surface area contributed by atoms with Crippen LogP contribution in [-0.4, -0.2) is 68.2 Å². The van der Waals surface area contributed by atoms with E-state index in [2.05, 4.69) is 28.0 Å². The Bertz CT molecular complexity index is 276. The summed E-state index contributed by atoms with van der Waals surface area (Å²) < 4.78 is 0. The molecule has 1 aliphatic heterocycles. The minimum absolute atomic E-state index is 0.330. The molecular weight excluding hydrogens is 222 g/mol. The molecule has 1 aliphatic rings. The van der Waals surface area contributed by atoms with Crippen molar-refractivity contribution in [2.75, 3.05) is 40.3 Å². The van der Waals surface area contributed by atoms with Gasteiger partial charge < -0.3 is 10.2 Å². The highest BCUT2D eigenvalue weighted by Crippen LogP contribution is 1.96. The molecule has 1 heterocycles. The minimum Gasteiger partial charge on any atom is -0.341 e. The van der Waals surface area contributed by atoms with E-state index in [1.165, 1.54) is 7.05 Å². The Hall–Kier alpha value is -1.18. The van der Waals surface area contributed by atoms with Crippen molar-refractivity contribution in [2.24, 2.45) is 0 Å². The second kappa shape index (κ2) is 6.53. The number of likely N-dealkylation sites (N-methyl/N-ethyl adjacent to an activating group) is 1. The Morgan fingerprint density at radius 2 is 1.76 bits per heavy atom. The minimum atomic E-state index is -0.484. The molecular formula is C10H21N5O2. The lowest BCUT2D eigenvalue weighted by atomic mass is 10.3. The summed E-state index contributed by atoms with van der Waals surface area (Å²) >= 11 is 0. The highest BCUT2D eigenvalue weighted by molar-refractivity contribution is 5.96. The number of urea groups is 1. The number of nitrogens with one attached hydrogen (secondary N) is 3. The fourth-order valence-electron chi connectivity index (χ4n) is 1.55. The highest BCUT2D eigenvalue weighted by Gasteiger charge is 2.20. The van der Waals surface area contributed by atoms with Crippen LogP contribution in [0.2, 0.25) is 0 Å². The third kappa shape index (κ3) is 4.68. The van der Waals surface area contributed by atoms with Crippen LogP contribution >= 0.6 is 0 Å². The van der Waals surface area contributed by atoms with Crippen LogP contribution in [0.25, 0.3) is 0 Å². The summed E-state index contributed by atoms with van der Waals surface area (Å²) in [7, 11) is 3.54. The summed E-state index contributed by atoms with van der Waals surface area (Å²) in [5.41, 5.74) is 3.08. The van der Waals surface area contributed by atoms with Gasteiger partial charge in [-0.05, 0) is 14.0 Å². The number of carbonyl (C=O) groups is 2. The Labute approximate surface area is 101 Å². The molecule has 0 aromatic rings. The van der Waals surface area contributed by atoms with Crippen molar-refractivity contribution >= 4 is 11.9 Å². The summed E-state index contributed by atoms with van der Waals surface area (Å²) in [6.45, 7) is 5.41. The Kier molecular flexibility index (Phi) is 5.33. The van der Waals surface area contributed by atoms with E-state index in [1.807, 2.05) is 5.01 Å². The summed E-state index contributed by atoms with van der Waals surface area (Å²) in [5, 5.41) is 6.59. The standard InChI is InChI=1S/C10H21N5O2/c1-8(9(16)12-10(17)11-2)13-15-6-4-14(3)5-7-15/h8,13H,4-7H2,1-3H3,(H2,11,12,16,17). The van der Waals surface area contributed by atoms with Crippen LogP contribution in [-0.2, 0) is 4.79 Å². The zero-order valence-corrected chi connectivity index (χ0v) is 10.6. The molecule has 0 bridgehead atoms. The Morgan fingerprint density at radius 3 is 2.29 bits per heavy atom. The maximum atomic E-state index is 11.6. The van der Waals surface area contributed by atoms with Crippen molar-refractivity contribution in [1.29, 1.82) is 0 Å². The first kappa shape index (κ1) is 13.9. The van der Waals surface area contributed by atoms with Crippen molar-refractivity contribution in [3.05, 3.63) is 0 Å². The van der Waals surface area contributed by atoms with Crippen LogP contribution in [0.15, 0.2) is 0 Å². The second-order valence-corrected chi connectivity index (χ2v) is 4.21. The number of rotatable bonds is 3. The molecule has 1 atom stereocenters. The first-order valence-corrected chi connectivity index (χ1v) is 5.75. The van der Waals surface area contributed by atoms with Crippen molar-refractivity contribution in [3.63, 3.8) is 0 Å². The molecule has 1 fully saturated rings. The van der Waals surface area contributed by atoms with E-state index in [0.29, 0.717) is 0 Å². The molecule has 0 aromatic carbocycles. The van der Waals surface area contributed by atoms with Gasteiger partial charge >= 0.3 is 6.03 Å². The largest absolute Gasteiger partial charge is 0.341 e. The molecule has 1 saturated heterocycles. The van der Waals surface area contributed by atoms with Gasteiger partial charge in [-0.2, -0.15) is 0 Å². The van der Waals surface area contributed by atoms with Crippen molar-refractivity contribution in [2.45, 2.75) is 13.0 Å². The highest BCUT2D eigenvalue weighted by atomic mass is 16.2. The maximum Gasteiger partial charge on any atom is 0.321 e. The molecule has 7 heteroatoms. The van der Waals surface area contributed by atoms with Gasteiger partial charge in [-0.25, -0.2) is 15.2 Å². The molecule has 3 amide bonds. The van der Waals surface area contributed by atoms with E-state index < -0.39 is 12.1 Å². The van der Waals surface area contributed by atoms with Crippen LogP contribution < -0.4 is 16.1 Å². The fourth-order valence-corrected chi connectivity index (χ4v) is 1.55. The van der Waals surface area contributed by atoms with Crippen LogP contribution in [0, 0.1) is 0 Å². The number of piperazine rings is 1. The molecule has 17 heavy (non-hydrogen) atoms. The molecule has 0 radical (unpaired) electrons. The molecule has 7 nitrogen and oxygen atoms in total. The van der Waals surface area contributed by atoms with Gasteiger partial charge in [0, 0.05) is 33.2 Å². The fraction of sp³-hybridized carbons (Fsp3) is 0.800. The quantitative estimate of drug-likeness (QED) is 0.567.